The van der Waals surface area contributed by atoms with Crippen LogP contribution in [0.2, 0.25) is 0 Å². The van der Waals surface area contributed by atoms with Gasteiger partial charge < -0.3 is 15.0 Å². The molecule has 4 nitrogen and oxygen atoms in total. The Morgan fingerprint density at radius 2 is 2.05 bits per heavy atom. The van der Waals surface area contributed by atoms with Crippen molar-refractivity contribution in [2.75, 3.05) is 12.3 Å². The molecule has 2 atom stereocenters. The second-order valence-electron chi connectivity index (χ2n) is 5.78. The molecule has 1 heterocycles. The first-order chi connectivity index (χ1) is 10.2. The van der Waals surface area contributed by atoms with E-state index in [1.807, 2.05) is 31.2 Å². The zero-order chi connectivity index (χ0) is 14.8. The number of nitrogens with two attached hydrogens (primary N) is 1. The number of hydrogen-bond acceptors (Lipinski definition) is 4. The molecule has 0 aliphatic heterocycles. The third-order valence-corrected chi connectivity index (χ3v) is 4.40. The van der Waals surface area contributed by atoms with E-state index in [0.717, 1.165) is 29.1 Å². The van der Waals surface area contributed by atoms with Crippen LogP contribution in [0.4, 0.5) is 5.82 Å². The van der Waals surface area contributed by atoms with E-state index in [0.29, 0.717) is 24.3 Å². The summed E-state index contributed by atoms with van der Waals surface area (Å²) in [5.74, 6) is 3.34. The fourth-order valence-electron chi connectivity index (χ4n) is 3.28. The van der Waals surface area contributed by atoms with Crippen molar-refractivity contribution in [1.29, 1.82) is 0 Å². The molecule has 2 aromatic rings. The minimum Gasteiger partial charge on any atom is -0.494 e. The standard InChI is InChI=1S/C17H22N2O2/c1-3-20-13-9-7-12(8-10-13)15-16(21-19-17(15)18)14-6-4-5-11(14)2/h7-11,14H,3-6H2,1-2H3,(H2,18,19). The van der Waals surface area contributed by atoms with Crippen LogP contribution in [0.3, 0.4) is 0 Å². The lowest BCUT2D eigenvalue weighted by Crippen LogP contribution is -2.02. The molecule has 1 aliphatic rings. The summed E-state index contributed by atoms with van der Waals surface area (Å²) in [5, 5.41) is 4.00. The van der Waals surface area contributed by atoms with Crippen LogP contribution in [0.15, 0.2) is 28.8 Å². The smallest absolute Gasteiger partial charge is 0.175 e. The van der Waals surface area contributed by atoms with E-state index < -0.39 is 0 Å². The number of aromatic nitrogens is 1. The van der Waals surface area contributed by atoms with Crippen molar-refractivity contribution in [1.82, 2.24) is 5.16 Å². The molecule has 3 rings (SSSR count). The molecule has 1 aromatic carbocycles. The average Bonchev–Trinajstić information content (AvgIpc) is 3.06. The Labute approximate surface area is 125 Å². The minimum absolute atomic E-state index is 0.427. The lowest BCUT2D eigenvalue weighted by atomic mass is 9.90. The largest absolute Gasteiger partial charge is 0.494 e. The fourth-order valence-corrected chi connectivity index (χ4v) is 3.28. The van der Waals surface area contributed by atoms with E-state index in [9.17, 15) is 0 Å². The molecule has 21 heavy (non-hydrogen) atoms. The molecule has 0 radical (unpaired) electrons. The van der Waals surface area contributed by atoms with Gasteiger partial charge in [0.15, 0.2) is 5.82 Å². The average molecular weight is 286 g/mol. The number of benzene rings is 1. The maximum atomic E-state index is 6.05. The lowest BCUT2D eigenvalue weighted by molar-refractivity contribution is 0.340. The van der Waals surface area contributed by atoms with Crippen LogP contribution in [-0.2, 0) is 0 Å². The summed E-state index contributed by atoms with van der Waals surface area (Å²) >= 11 is 0. The van der Waals surface area contributed by atoms with E-state index in [1.54, 1.807) is 0 Å². The number of hydrogen-bond donors (Lipinski definition) is 1. The van der Waals surface area contributed by atoms with Crippen molar-refractivity contribution in [3.63, 3.8) is 0 Å². The van der Waals surface area contributed by atoms with Gasteiger partial charge in [-0.15, -0.1) is 0 Å². The second-order valence-corrected chi connectivity index (χ2v) is 5.78. The Bertz CT molecular complexity index is 604. The molecular weight excluding hydrogens is 264 g/mol. The van der Waals surface area contributed by atoms with Crippen molar-refractivity contribution >= 4 is 5.82 Å². The molecule has 2 unspecified atom stereocenters. The first kappa shape index (κ1) is 14.0. The molecule has 0 amide bonds. The molecule has 0 bridgehead atoms. The molecule has 0 saturated heterocycles. The van der Waals surface area contributed by atoms with Gasteiger partial charge in [0.1, 0.15) is 11.5 Å². The Morgan fingerprint density at radius 1 is 1.29 bits per heavy atom. The Kier molecular flexibility index (Phi) is 3.86. The van der Waals surface area contributed by atoms with E-state index in [-0.39, 0.29) is 0 Å². The highest BCUT2D eigenvalue weighted by Gasteiger charge is 2.31. The van der Waals surface area contributed by atoms with Crippen molar-refractivity contribution < 1.29 is 9.26 Å². The first-order valence-electron chi connectivity index (χ1n) is 7.69. The molecule has 1 aromatic heterocycles. The van der Waals surface area contributed by atoms with Crippen molar-refractivity contribution in [3.8, 4) is 16.9 Å². The van der Waals surface area contributed by atoms with Gasteiger partial charge in [-0.05, 0) is 43.4 Å². The van der Waals surface area contributed by atoms with Gasteiger partial charge in [-0.2, -0.15) is 0 Å². The van der Waals surface area contributed by atoms with E-state index in [4.69, 9.17) is 15.0 Å². The zero-order valence-corrected chi connectivity index (χ0v) is 12.6. The van der Waals surface area contributed by atoms with Crippen LogP contribution < -0.4 is 10.5 Å². The van der Waals surface area contributed by atoms with Crippen LogP contribution in [0.1, 0.15) is 44.8 Å². The molecule has 1 aliphatic carbocycles. The maximum Gasteiger partial charge on any atom is 0.175 e. The Balaban J connectivity index is 1.96. The van der Waals surface area contributed by atoms with E-state index >= 15 is 0 Å². The fraction of sp³-hybridized carbons (Fsp3) is 0.471. The zero-order valence-electron chi connectivity index (χ0n) is 12.6. The number of ether oxygens (including phenoxy) is 1. The summed E-state index contributed by atoms with van der Waals surface area (Å²) in [6.45, 7) is 4.92. The van der Waals surface area contributed by atoms with Gasteiger partial charge in [-0.25, -0.2) is 0 Å². The first-order valence-corrected chi connectivity index (χ1v) is 7.69. The highest BCUT2D eigenvalue weighted by molar-refractivity contribution is 5.76. The van der Waals surface area contributed by atoms with Gasteiger partial charge in [0.25, 0.3) is 0 Å². The number of nitrogens with zero attached hydrogens (tertiary/aromatic N) is 1. The topological polar surface area (TPSA) is 61.3 Å². The highest BCUT2D eigenvalue weighted by Crippen LogP contribution is 2.44. The summed E-state index contributed by atoms with van der Waals surface area (Å²) in [5.41, 5.74) is 8.05. The SMILES string of the molecule is CCOc1ccc(-c2c(N)noc2C2CCCC2C)cc1. The molecular formula is C17H22N2O2. The van der Waals surface area contributed by atoms with Crippen LogP contribution in [0, 0.1) is 5.92 Å². The molecule has 112 valence electrons. The van der Waals surface area contributed by atoms with E-state index in [1.165, 1.54) is 12.8 Å². The van der Waals surface area contributed by atoms with Gasteiger partial charge >= 0.3 is 0 Å². The number of nitrogen functional groups attached to an aromatic ring is 1. The van der Waals surface area contributed by atoms with Gasteiger partial charge in [0.05, 0.1) is 12.2 Å². The monoisotopic (exact) mass is 286 g/mol. The molecule has 2 N–H and O–H groups in total. The van der Waals surface area contributed by atoms with E-state index in [2.05, 4.69) is 12.1 Å². The van der Waals surface area contributed by atoms with Crippen LogP contribution in [0.25, 0.3) is 11.1 Å². The normalized spacial score (nSPS) is 21.6. The molecule has 1 saturated carbocycles. The van der Waals surface area contributed by atoms with Gasteiger partial charge in [0.2, 0.25) is 0 Å². The molecule has 4 heteroatoms. The van der Waals surface area contributed by atoms with Crippen molar-refractivity contribution in [3.05, 3.63) is 30.0 Å². The number of rotatable bonds is 4. The van der Waals surface area contributed by atoms with Gasteiger partial charge in [0, 0.05) is 5.92 Å². The van der Waals surface area contributed by atoms with Crippen LogP contribution in [-0.4, -0.2) is 11.8 Å². The molecule has 1 fully saturated rings. The predicted octanol–water partition coefficient (Wildman–Crippen LogP) is 4.23. The maximum absolute atomic E-state index is 6.05. The molecule has 0 spiro atoms. The van der Waals surface area contributed by atoms with Crippen LogP contribution >= 0.6 is 0 Å². The third kappa shape index (κ3) is 2.62. The lowest BCUT2D eigenvalue weighted by Gasteiger charge is -2.14. The summed E-state index contributed by atoms with van der Waals surface area (Å²) in [6.07, 6.45) is 3.64. The second kappa shape index (κ2) is 5.80. The summed E-state index contributed by atoms with van der Waals surface area (Å²) in [7, 11) is 0. The van der Waals surface area contributed by atoms with Crippen molar-refractivity contribution in [2.45, 2.75) is 39.0 Å². The number of anilines is 1. The minimum atomic E-state index is 0.427. The summed E-state index contributed by atoms with van der Waals surface area (Å²) < 4.78 is 11.1. The Morgan fingerprint density at radius 3 is 2.67 bits per heavy atom. The predicted molar refractivity (Wildman–Crippen MR) is 83.3 cm³/mol. The highest BCUT2D eigenvalue weighted by atomic mass is 16.5. The van der Waals surface area contributed by atoms with Crippen molar-refractivity contribution in [2.24, 2.45) is 5.92 Å². The Hall–Kier alpha value is -1.97. The quantitative estimate of drug-likeness (QED) is 0.913. The van der Waals surface area contributed by atoms with Gasteiger partial charge in [-0.1, -0.05) is 30.6 Å². The third-order valence-electron chi connectivity index (χ3n) is 4.40. The van der Waals surface area contributed by atoms with Gasteiger partial charge in [-0.3, -0.25) is 0 Å². The summed E-state index contributed by atoms with van der Waals surface area (Å²) in [4.78, 5) is 0. The van der Waals surface area contributed by atoms with Crippen LogP contribution in [0.5, 0.6) is 5.75 Å². The summed E-state index contributed by atoms with van der Waals surface area (Å²) in [6, 6.07) is 7.98.